The predicted molar refractivity (Wildman–Crippen MR) is 242 cm³/mol. The Labute approximate surface area is 356 Å². The zero-order chi connectivity index (χ0) is 43.9. The van der Waals surface area contributed by atoms with E-state index in [4.69, 9.17) is 29.3 Å². The number of furan rings is 2. The molecule has 0 bridgehead atoms. The van der Waals surface area contributed by atoms with E-state index in [0.29, 0.717) is 34.5 Å². The van der Waals surface area contributed by atoms with Gasteiger partial charge < -0.3 is 19.0 Å². The van der Waals surface area contributed by atoms with Crippen molar-refractivity contribution in [2.45, 2.75) is 131 Å². The number of benzene rings is 4. The summed E-state index contributed by atoms with van der Waals surface area (Å²) in [5, 5.41) is 42.5. The van der Waals surface area contributed by atoms with Gasteiger partial charge >= 0.3 is 0 Å². The summed E-state index contributed by atoms with van der Waals surface area (Å²) in [4.78, 5) is 0. The van der Waals surface area contributed by atoms with E-state index in [-0.39, 0.29) is 21.7 Å². The van der Waals surface area contributed by atoms with Gasteiger partial charge in [-0.2, -0.15) is 20.5 Å². The van der Waals surface area contributed by atoms with Crippen molar-refractivity contribution in [2.75, 3.05) is 0 Å². The van der Waals surface area contributed by atoms with Crippen LogP contribution in [0.2, 0.25) is 0 Å². The summed E-state index contributed by atoms with van der Waals surface area (Å²) in [6.07, 6.45) is 0. The number of phenols is 2. The lowest BCUT2D eigenvalue weighted by molar-refractivity contribution is 0.419. The van der Waals surface area contributed by atoms with Crippen LogP contribution in [0, 0.1) is 13.8 Å². The van der Waals surface area contributed by atoms with Gasteiger partial charge in [-0.05, 0) is 141 Å². The summed E-state index contributed by atoms with van der Waals surface area (Å²) in [6.45, 7) is 29.2. The van der Waals surface area contributed by atoms with Crippen molar-refractivity contribution in [2.24, 2.45) is 20.5 Å². The van der Waals surface area contributed by atoms with Gasteiger partial charge in [-0.3, -0.25) is 0 Å². The molecule has 0 saturated heterocycles. The average Bonchev–Trinajstić information content (AvgIpc) is 3.72. The van der Waals surface area contributed by atoms with Gasteiger partial charge in [0.05, 0.1) is 11.4 Å². The summed E-state index contributed by atoms with van der Waals surface area (Å²) in [7, 11) is 0. The largest absolute Gasteiger partial charge is 0.507 e. The summed E-state index contributed by atoms with van der Waals surface area (Å²) >= 11 is 0. The van der Waals surface area contributed by atoms with Crippen LogP contribution in [0.3, 0.4) is 0 Å². The van der Waals surface area contributed by atoms with Crippen molar-refractivity contribution < 1.29 is 19.0 Å². The zero-order valence-corrected chi connectivity index (χ0v) is 37.9. The Kier molecular flexibility index (Phi) is 11.9. The van der Waals surface area contributed by atoms with E-state index in [2.05, 4.69) is 83.1 Å². The first-order chi connectivity index (χ1) is 27.9. The molecule has 2 N–H and O–H groups in total. The van der Waals surface area contributed by atoms with Crippen LogP contribution in [0.4, 0.5) is 11.4 Å². The van der Waals surface area contributed by atoms with Crippen LogP contribution in [-0.4, -0.2) is 10.2 Å². The van der Waals surface area contributed by atoms with E-state index >= 15 is 0 Å². The maximum Gasteiger partial charge on any atom is 0.172 e. The fourth-order valence-electron chi connectivity index (χ4n) is 7.46. The van der Waals surface area contributed by atoms with Crippen LogP contribution in [0.25, 0.3) is 11.5 Å². The summed E-state index contributed by atoms with van der Waals surface area (Å²) in [5.41, 5.74) is 6.83. The fourth-order valence-corrected chi connectivity index (χ4v) is 7.46. The maximum atomic E-state index is 11.6. The van der Waals surface area contributed by atoms with Gasteiger partial charge in [-0.1, -0.05) is 119 Å². The zero-order valence-electron chi connectivity index (χ0n) is 37.9. The molecule has 0 aliphatic rings. The molecule has 0 aliphatic heterocycles. The highest BCUT2D eigenvalue weighted by molar-refractivity contribution is 5.62. The molecule has 0 saturated carbocycles. The Bertz CT molecular complexity index is 2270. The SMILES string of the molecule is Cc1cc(C(N=Nc2ccccc2)c2cc(C(C)(C)C)c(O)c(C(C)(C)C)c2)oc1-c1oc(C(N=Nc2ccccc2)c2cc(C(C)(C)C)c(O)c(C(C)(C)C)c2)cc1C. The van der Waals surface area contributed by atoms with Crippen molar-refractivity contribution >= 4 is 11.4 Å². The molecule has 4 aromatic carbocycles. The molecular formula is C52H62N4O4. The van der Waals surface area contributed by atoms with Crippen LogP contribution in [-0.2, 0) is 21.7 Å². The molecule has 0 radical (unpaired) electrons. The molecule has 8 nitrogen and oxygen atoms in total. The van der Waals surface area contributed by atoms with E-state index in [1.807, 2.05) is 111 Å². The highest BCUT2D eigenvalue weighted by atomic mass is 16.4. The summed E-state index contributed by atoms with van der Waals surface area (Å²) in [5.74, 6) is 2.93. The maximum absolute atomic E-state index is 11.6. The third-order valence-corrected chi connectivity index (χ3v) is 10.8. The monoisotopic (exact) mass is 806 g/mol. The summed E-state index contributed by atoms with van der Waals surface area (Å²) in [6, 6.07) is 30.2. The second-order valence-corrected chi connectivity index (χ2v) is 20.2. The van der Waals surface area contributed by atoms with Gasteiger partial charge in [0, 0.05) is 0 Å². The molecule has 8 heteroatoms. The van der Waals surface area contributed by atoms with Gasteiger partial charge in [0.2, 0.25) is 0 Å². The molecule has 0 spiro atoms. The number of nitrogens with zero attached hydrogens (tertiary/aromatic N) is 4. The quantitative estimate of drug-likeness (QED) is 0.142. The molecule has 60 heavy (non-hydrogen) atoms. The molecule has 2 aromatic heterocycles. The van der Waals surface area contributed by atoms with Crippen molar-refractivity contribution in [3.63, 3.8) is 0 Å². The molecule has 0 aliphatic carbocycles. The molecule has 6 rings (SSSR count). The Morgan fingerprint density at radius 3 is 0.983 bits per heavy atom. The van der Waals surface area contributed by atoms with Gasteiger partial charge in [-0.15, -0.1) is 0 Å². The lowest BCUT2D eigenvalue weighted by Crippen LogP contribution is -2.18. The predicted octanol–water partition coefficient (Wildman–Crippen LogP) is 15.5. The number of hydrogen-bond donors (Lipinski definition) is 2. The van der Waals surface area contributed by atoms with E-state index in [9.17, 15) is 10.2 Å². The Hall–Kier alpha value is -5.76. The standard InChI is InChI=1S/C52H62N4O4/c1-31-25-41(43(55-53-35-21-17-15-18-22-35)33-27-37(49(3,4)5)45(57)38(28-33)50(6,7)8)59-47(31)48-32(2)26-42(60-48)44(56-54-36-23-19-16-20-24-36)34-29-39(51(9,10)11)46(58)40(30-34)52(12,13)14/h15-30,43-44,57-58H,1-14H3. The van der Waals surface area contributed by atoms with Crippen molar-refractivity contribution in [1.82, 2.24) is 0 Å². The van der Waals surface area contributed by atoms with E-state index in [1.165, 1.54) is 0 Å². The van der Waals surface area contributed by atoms with Crippen LogP contribution in [0.5, 0.6) is 11.5 Å². The number of aromatic hydroxyl groups is 2. The number of rotatable bonds is 9. The van der Waals surface area contributed by atoms with Gasteiger partial charge in [-0.25, -0.2) is 0 Å². The van der Waals surface area contributed by atoms with Crippen LogP contribution in [0.15, 0.2) is 126 Å². The Morgan fingerprint density at radius 2 is 0.717 bits per heavy atom. The topological polar surface area (TPSA) is 116 Å². The number of aryl methyl sites for hydroxylation is 2. The first-order valence-corrected chi connectivity index (χ1v) is 20.8. The molecule has 0 fully saturated rings. The minimum Gasteiger partial charge on any atom is -0.507 e. The summed E-state index contributed by atoms with van der Waals surface area (Å²) < 4.78 is 13.7. The lowest BCUT2D eigenvalue weighted by atomic mass is 9.77. The van der Waals surface area contributed by atoms with E-state index in [1.54, 1.807) is 0 Å². The van der Waals surface area contributed by atoms with E-state index < -0.39 is 12.1 Å². The van der Waals surface area contributed by atoms with Crippen molar-refractivity contribution in [3.05, 3.63) is 153 Å². The Balaban J connectivity index is 1.53. The smallest absolute Gasteiger partial charge is 0.172 e. The van der Waals surface area contributed by atoms with Crippen LogP contribution >= 0.6 is 0 Å². The fraction of sp³-hybridized carbons (Fsp3) is 0.385. The van der Waals surface area contributed by atoms with Gasteiger partial charge in [0.1, 0.15) is 23.0 Å². The second-order valence-electron chi connectivity index (χ2n) is 20.2. The average molecular weight is 807 g/mol. The minimum absolute atomic E-state index is 0.296. The van der Waals surface area contributed by atoms with E-state index in [0.717, 1.165) is 55.9 Å². The molecule has 2 heterocycles. The molecule has 0 amide bonds. The van der Waals surface area contributed by atoms with Gasteiger partial charge in [0.25, 0.3) is 0 Å². The molecule has 6 aromatic rings. The highest BCUT2D eigenvalue weighted by Crippen LogP contribution is 2.46. The first kappa shape index (κ1) is 43.8. The normalized spacial score (nSPS) is 14.0. The van der Waals surface area contributed by atoms with Crippen molar-refractivity contribution in [3.8, 4) is 23.0 Å². The first-order valence-electron chi connectivity index (χ1n) is 20.8. The number of azo groups is 2. The van der Waals surface area contributed by atoms with Crippen LogP contribution < -0.4 is 0 Å². The molecule has 2 atom stereocenters. The number of hydrogen-bond acceptors (Lipinski definition) is 8. The minimum atomic E-state index is -0.633. The second kappa shape index (κ2) is 16.4. The molecule has 2 unspecified atom stereocenters. The number of phenolic OH excluding ortho intramolecular Hbond substituents is 2. The van der Waals surface area contributed by atoms with Crippen molar-refractivity contribution in [1.29, 1.82) is 0 Å². The highest BCUT2D eigenvalue weighted by Gasteiger charge is 2.33. The molecule has 314 valence electrons. The molecular weight excluding hydrogens is 745 g/mol. The Morgan fingerprint density at radius 1 is 0.433 bits per heavy atom. The third kappa shape index (κ3) is 9.49. The van der Waals surface area contributed by atoms with Crippen LogP contribution in [0.1, 0.15) is 151 Å². The lowest BCUT2D eigenvalue weighted by Gasteiger charge is -2.29. The van der Waals surface area contributed by atoms with Gasteiger partial charge in [0.15, 0.2) is 23.6 Å². The third-order valence-electron chi connectivity index (χ3n) is 10.8.